The van der Waals surface area contributed by atoms with E-state index in [-0.39, 0.29) is 5.91 Å². The maximum Gasteiger partial charge on any atom is 0.222 e. The van der Waals surface area contributed by atoms with E-state index in [0.717, 1.165) is 61.9 Å². The Balaban J connectivity index is 1.34. The van der Waals surface area contributed by atoms with Gasteiger partial charge in [0, 0.05) is 39.1 Å². The minimum absolute atomic E-state index is 0.254. The number of fused-ring (bicyclic) bond motifs is 1. The zero-order chi connectivity index (χ0) is 23.0. The van der Waals surface area contributed by atoms with E-state index in [4.69, 9.17) is 4.99 Å². The van der Waals surface area contributed by atoms with Gasteiger partial charge in [-0.25, -0.2) is 9.98 Å². The van der Waals surface area contributed by atoms with Crippen LogP contribution < -0.4 is 10.6 Å². The first-order valence-electron chi connectivity index (χ1n) is 11.9. The summed E-state index contributed by atoms with van der Waals surface area (Å²) in [4.78, 5) is 23.5. The number of amides is 1. The summed E-state index contributed by atoms with van der Waals surface area (Å²) >= 11 is 0. The fourth-order valence-corrected chi connectivity index (χ4v) is 4.37. The molecule has 1 aliphatic rings. The van der Waals surface area contributed by atoms with Crippen molar-refractivity contribution in [2.24, 2.45) is 4.99 Å². The van der Waals surface area contributed by atoms with Crippen LogP contribution in [0.1, 0.15) is 43.1 Å². The number of likely N-dealkylation sites (tertiary alicyclic amines) is 1. The zero-order valence-electron chi connectivity index (χ0n) is 19.7. The molecule has 1 fully saturated rings. The van der Waals surface area contributed by atoms with Crippen molar-refractivity contribution in [2.45, 2.75) is 52.7 Å². The molecule has 0 spiro atoms. The molecule has 4 rings (SSSR count). The van der Waals surface area contributed by atoms with Crippen LogP contribution in [0.25, 0.3) is 11.0 Å². The van der Waals surface area contributed by atoms with E-state index in [9.17, 15) is 4.79 Å². The van der Waals surface area contributed by atoms with E-state index in [1.165, 1.54) is 11.1 Å². The first kappa shape index (κ1) is 22.8. The van der Waals surface area contributed by atoms with Crippen LogP contribution in [0.4, 0.5) is 0 Å². The van der Waals surface area contributed by atoms with Crippen molar-refractivity contribution in [3.8, 4) is 0 Å². The van der Waals surface area contributed by atoms with Crippen LogP contribution in [-0.2, 0) is 24.4 Å². The van der Waals surface area contributed by atoms with Crippen molar-refractivity contribution < 1.29 is 4.79 Å². The second kappa shape index (κ2) is 11.0. The number of hydrogen-bond acceptors (Lipinski definition) is 3. The number of hydrogen-bond donors (Lipinski definition) is 2. The third kappa shape index (κ3) is 5.72. The summed E-state index contributed by atoms with van der Waals surface area (Å²) < 4.78 is 2.27. The highest BCUT2D eigenvalue weighted by Gasteiger charge is 2.20. The second-order valence-corrected chi connectivity index (χ2v) is 8.46. The fraction of sp³-hybridized carbons (Fsp3) is 0.423. The Labute approximate surface area is 195 Å². The van der Waals surface area contributed by atoms with Crippen molar-refractivity contribution in [2.75, 3.05) is 19.6 Å². The predicted octanol–water partition coefficient (Wildman–Crippen LogP) is 3.61. The lowest BCUT2D eigenvalue weighted by molar-refractivity contribution is -0.128. The monoisotopic (exact) mass is 446 g/mol. The van der Waals surface area contributed by atoms with E-state index in [2.05, 4.69) is 64.4 Å². The Kier molecular flexibility index (Phi) is 7.60. The molecule has 1 aromatic heterocycles. The molecule has 1 amide bonds. The van der Waals surface area contributed by atoms with E-state index in [1.807, 2.05) is 23.1 Å². The molecule has 2 N–H and O–H groups in total. The molecule has 0 bridgehead atoms. The zero-order valence-corrected chi connectivity index (χ0v) is 19.7. The number of carbonyl (C=O) groups excluding carboxylic acids is 1. The SMILES string of the molecule is CCNC(=NCc1ccccc1CN1CCCC1=O)NCCCn1c(C)nc2ccccc21. The summed E-state index contributed by atoms with van der Waals surface area (Å²) in [5.74, 6) is 2.12. The van der Waals surface area contributed by atoms with Gasteiger partial charge in [0.15, 0.2) is 5.96 Å². The molecule has 0 aliphatic carbocycles. The highest BCUT2D eigenvalue weighted by molar-refractivity contribution is 5.80. The molecule has 1 aliphatic heterocycles. The minimum atomic E-state index is 0.254. The minimum Gasteiger partial charge on any atom is -0.357 e. The topological polar surface area (TPSA) is 74.6 Å². The Morgan fingerprint density at radius 2 is 1.88 bits per heavy atom. The number of rotatable bonds is 9. The van der Waals surface area contributed by atoms with Gasteiger partial charge in [0.2, 0.25) is 5.91 Å². The summed E-state index contributed by atoms with van der Waals surface area (Å²) in [7, 11) is 0. The molecular weight excluding hydrogens is 412 g/mol. The quantitative estimate of drug-likeness (QED) is 0.299. The third-order valence-electron chi connectivity index (χ3n) is 6.10. The summed E-state index contributed by atoms with van der Waals surface area (Å²) in [5, 5.41) is 6.80. The van der Waals surface area contributed by atoms with Gasteiger partial charge in [-0.05, 0) is 49.9 Å². The summed E-state index contributed by atoms with van der Waals surface area (Å²) in [6, 6.07) is 16.6. The summed E-state index contributed by atoms with van der Waals surface area (Å²) in [6.45, 7) is 8.78. The molecule has 2 aromatic carbocycles. The highest BCUT2D eigenvalue weighted by atomic mass is 16.2. The van der Waals surface area contributed by atoms with Crippen molar-refractivity contribution >= 4 is 22.9 Å². The smallest absolute Gasteiger partial charge is 0.222 e. The van der Waals surface area contributed by atoms with Gasteiger partial charge in [0.25, 0.3) is 0 Å². The number of nitrogens with one attached hydrogen (secondary N) is 2. The number of guanidine groups is 1. The number of aryl methyl sites for hydroxylation is 2. The largest absolute Gasteiger partial charge is 0.357 e. The highest BCUT2D eigenvalue weighted by Crippen LogP contribution is 2.18. The number of imidazole rings is 1. The number of aliphatic imine (C=N–C) groups is 1. The van der Waals surface area contributed by atoms with Crippen molar-refractivity contribution in [3.05, 3.63) is 65.5 Å². The van der Waals surface area contributed by atoms with E-state index in [0.29, 0.717) is 19.5 Å². The van der Waals surface area contributed by atoms with E-state index >= 15 is 0 Å². The van der Waals surface area contributed by atoms with E-state index < -0.39 is 0 Å². The molecule has 33 heavy (non-hydrogen) atoms. The lowest BCUT2D eigenvalue weighted by Gasteiger charge is -2.18. The molecule has 7 nitrogen and oxygen atoms in total. The molecule has 7 heteroatoms. The Morgan fingerprint density at radius 3 is 2.67 bits per heavy atom. The molecule has 174 valence electrons. The lowest BCUT2D eigenvalue weighted by Crippen LogP contribution is -2.38. The van der Waals surface area contributed by atoms with Crippen LogP contribution >= 0.6 is 0 Å². The lowest BCUT2D eigenvalue weighted by atomic mass is 10.1. The van der Waals surface area contributed by atoms with Gasteiger partial charge in [0.05, 0.1) is 17.6 Å². The normalized spacial score (nSPS) is 14.3. The molecule has 3 aromatic rings. The standard InChI is InChI=1S/C26H34N6O/c1-3-27-26(28-15-9-17-32-20(2)30-23-12-6-7-13-24(23)32)29-18-21-10-4-5-11-22(21)19-31-16-8-14-25(31)33/h4-7,10-13H,3,8-9,14-19H2,1-2H3,(H2,27,28,29). The van der Waals surface area contributed by atoms with Crippen LogP contribution in [0, 0.1) is 6.92 Å². The van der Waals surface area contributed by atoms with Gasteiger partial charge < -0.3 is 20.1 Å². The molecule has 0 atom stereocenters. The summed E-state index contributed by atoms with van der Waals surface area (Å²) in [6.07, 6.45) is 2.60. The van der Waals surface area contributed by atoms with Crippen molar-refractivity contribution in [1.29, 1.82) is 0 Å². The average Bonchev–Trinajstić information content (AvgIpc) is 3.37. The first-order valence-corrected chi connectivity index (χ1v) is 11.9. The first-order chi connectivity index (χ1) is 16.2. The molecule has 0 saturated carbocycles. The van der Waals surface area contributed by atoms with Gasteiger partial charge in [-0.15, -0.1) is 0 Å². The molecular formula is C26H34N6O. The van der Waals surface area contributed by atoms with Gasteiger partial charge in [-0.2, -0.15) is 0 Å². The van der Waals surface area contributed by atoms with Gasteiger partial charge in [-0.3, -0.25) is 4.79 Å². The van der Waals surface area contributed by atoms with Crippen LogP contribution in [0.2, 0.25) is 0 Å². The number of carbonyl (C=O) groups is 1. The number of benzene rings is 2. The van der Waals surface area contributed by atoms with Gasteiger partial charge in [0.1, 0.15) is 5.82 Å². The average molecular weight is 447 g/mol. The number of aromatic nitrogens is 2. The molecule has 2 heterocycles. The Morgan fingerprint density at radius 1 is 1.09 bits per heavy atom. The van der Waals surface area contributed by atoms with Crippen LogP contribution in [-0.4, -0.2) is 46.0 Å². The second-order valence-electron chi connectivity index (χ2n) is 8.46. The van der Waals surface area contributed by atoms with Gasteiger partial charge >= 0.3 is 0 Å². The van der Waals surface area contributed by atoms with Crippen LogP contribution in [0.3, 0.4) is 0 Å². The van der Waals surface area contributed by atoms with Crippen LogP contribution in [0.15, 0.2) is 53.5 Å². The maximum absolute atomic E-state index is 12.0. The molecule has 1 saturated heterocycles. The maximum atomic E-state index is 12.0. The van der Waals surface area contributed by atoms with E-state index in [1.54, 1.807) is 0 Å². The van der Waals surface area contributed by atoms with Crippen LogP contribution in [0.5, 0.6) is 0 Å². The van der Waals surface area contributed by atoms with Gasteiger partial charge in [-0.1, -0.05) is 36.4 Å². The van der Waals surface area contributed by atoms with Crippen molar-refractivity contribution in [3.63, 3.8) is 0 Å². The predicted molar refractivity (Wildman–Crippen MR) is 133 cm³/mol. The summed E-state index contributed by atoms with van der Waals surface area (Å²) in [5.41, 5.74) is 4.57. The molecule has 0 unspecified atom stereocenters. The van der Waals surface area contributed by atoms with Crippen molar-refractivity contribution in [1.82, 2.24) is 25.1 Å². The Hall–Kier alpha value is -3.35. The third-order valence-corrected chi connectivity index (χ3v) is 6.10. The fourth-order valence-electron chi connectivity index (χ4n) is 4.37. The number of para-hydroxylation sites is 2. The number of nitrogens with zero attached hydrogens (tertiary/aromatic N) is 4. The Bertz CT molecular complexity index is 1120. The molecule has 0 radical (unpaired) electrons.